The molecule has 1 aromatic carbocycles. The van der Waals surface area contributed by atoms with Crippen molar-refractivity contribution in [2.24, 2.45) is 5.73 Å². The quantitative estimate of drug-likeness (QED) is 0.876. The van der Waals surface area contributed by atoms with Crippen LogP contribution < -0.4 is 15.2 Å². The molecule has 106 valence electrons. The lowest BCUT2D eigenvalue weighted by molar-refractivity contribution is 0.412. The van der Waals surface area contributed by atoms with Crippen LogP contribution in [0.15, 0.2) is 36.4 Å². The first-order valence-electron chi connectivity index (χ1n) is 6.77. The van der Waals surface area contributed by atoms with Gasteiger partial charge < -0.3 is 15.2 Å². The van der Waals surface area contributed by atoms with Crippen LogP contribution in [-0.4, -0.2) is 12.1 Å². The highest BCUT2D eigenvalue weighted by Crippen LogP contribution is 2.23. The Balaban J connectivity index is 2.20. The number of hydrogen-bond acceptors (Lipinski definition) is 4. The second-order valence-electron chi connectivity index (χ2n) is 4.54. The van der Waals surface area contributed by atoms with Crippen LogP contribution in [0.4, 0.5) is 0 Å². The lowest BCUT2D eigenvalue weighted by Crippen LogP contribution is -2.01. The van der Waals surface area contributed by atoms with Crippen LogP contribution in [0.3, 0.4) is 0 Å². The Morgan fingerprint density at radius 3 is 2.40 bits per heavy atom. The number of ether oxygens (including phenoxy) is 2. The Bertz CT molecular complexity index is 553. The van der Waals surface area contributed by atoms with Crippen molar-refractivity contribution >= 4 is 0 Å². The van der Waals surface area contributed by atoms with E-state index in [2.05, 4.69) is 11.9 Å². The third-order valence-corrected chi connectivity index (χ3v) is 2.94. The zero-order chi connectivity index (χ0) is 14.4. The van der Waals surface area contributed by atoms with Gasteiger partial charge in [-0.05, 0) is 42.3 Å². The number of nitrogens with two attached hydrogens (primary N) is 1. The van der Waals surface area contributed by atoms with Crippen molar-refractivity contribution in [2.45, 2.75) is 26.3 Å². The van der Waals surface area contributed by atoms with Crippen molar-refractivity contribution < 1.29 is 9.47 Å². The number of benzene rings is 1. The van der Waals surface area contributed by atoms with Gasteiger partial charge in [-0.25, -0.2) is 4.98 Å². The van der Waals surface area contributed by atoms with Gasteiger partial charge in [-0.15, -0.1) is 0 Å². The maximum Gasteiger partial charge on any atom is 0.219 e. The van der Waals surface area contributed by atoms with E-state index in [0.717, 1.165) is 35.6 Å². The molecule has 0 aliphatic carbocycles. The summed E-state index contributed by atoms with van der Waals surface area (Å²) in [6.45, 7) is 2.61. The summed E-state index contributed by atoms with van der Waals surface area (Å²) >= 11 is 0. The third-order valence-electron chi connectivity index (χ3n) is 2.94. The molecule has 1 heterocycles. The summed E-state index contributed by atoms with van der Waals surface area (Å²) in [7, 11) is 1.64. The van der Waals surface area contributed by atoms with E-state index in [4.69, 9.17) is 15.2 Å². The fourth-order valence-corrected chi connectivity index (χ4v) is 1.94. The zero-order valence-corrected chi connectivity index (χ0v) is 11.9. The minimum Gasteiger partial charge on any atom is -0.497 e. The average molecular weight is 272 g/mol. The average Bonchev–Trinajstić information content (AvgIpc) is 2.48. The molecule has 4 heteroatoms. The first-order valence-corrected chi connectivity index (χ1v) is 6.77. The van der Waals surface area contributed by atoms with E-state index < -0.39 is 0 Å². The highest BCUT2D eigenvalue weighted by atomic mass is 16.5. The van der Waals surface area contributed by atoms with Gasteiger partial charge in [0.15, 0.2) is 0 Å². The van der Waals surface area contributed by atoms with E-state index in [1.165, 1.54) is 0 Å². The summed E-state index contributed by atoms with van der Waals surface area (Å²) in [5.74, 6) is 2.11. The topological polar surface area (TPSA) is 57.4 Å². The van der Waals surface area contributed by atoms with Crippen LogP contribution in [0.2, 0.25) is 0 Å². The predicted octanol–water partition coefficient (Wildman–Crippen LogP) is 3.29. The summed E-state index contributed by atoms with van der Waals surface area (Å²) < 4.78 is 10.9. The van der Waals surface area contributed by atoms with Crippen LogP contribution in [-0.2, 0) is 13.0 Å². The highest BCUT2D eigenvalue weighted by molar-refractivity contribution is 5.35. The lowest BCUT2D eigenvalue weighted by atomic mass is 10.1. The number of hydrogen-bond donors (Lipinski definition) is 1. The Morgan fingerprint density at radius 2 is 1.80 bits per heavy atom. The first-order chi connectivity index (χ1) is 9.75. The van der Waals surface area contributed by atoms with Crippen LogP contribution in [0.1, 0.15) is 24.6 Å². The van der Waals surface area contributed by atoms with Gasteiger partial charge in [-0.1, -0.05) is 13.3 Å². The molecule has 0 saturated heterocycles. The lowest BCUT2D eigenvalue weighted by Gasteiger charge is -2.09. The van der Waals surface area contributed by atoms with Crippen LogP contribution in [0, 0.1) is 0 Å². The molecule has 2 N–H and O–H groups in total. The first kappa shape index (κ1) is 14.3. The van der Waals surface area contributed by atoms with Crippen molar-refractivity contribution in [3.8, 4) is 17.4 Å². The van der Waals surface area contributed by atoms with Crippen LogP contribution in [0.25, 0.3) is 0 Å². The Morgan fingerprint density at radius 1 is 1.10 bits per heavy atom. The summed E-state index contributed by atoms with van der Waals surface area (Å²) in [5, 5.41) is 0. The molecule has 2 aromatic rings. The summed E-state index contributed by atoms with van der Waals surface area (Å²) in [6, 6.07) is 11.3. The van der Waals surface area contributed by atoms with Crippen LogP contribution >= 0.6 is 0 Å². The van der Waals surface area contributed by atoms with E-state index in [0.29, 0.717) is 12.4 Å². The summed E-state index contributed by atoms with van der Waals surface area (Å²) in [6.07, 6.45) is 1.97. The monoisotopic (exact) mass is 272 g/mol. The largest absolute Gasteiger partial charge is 0.497 e. The van der Waals surface area contributed by atoms with E-state index in [1.54, 1.807) is 7.11 Å². The molecule has 0 aliphatic heterocycles. The van der Waals surface area contributed by atoms with Gasteiger partial charge in [0.25, 0.3) is 0 Å². The molecule has 0 spiro atoms. The zero-order valence-electron chi connectivity index (χ0n) is 11.9. The van der Waals surface area contributed by atoms with Gasteiger partial charge in [0, 0.05) is 18.3 Å². The molecular weight excluding hydrogens is 252 g/mol. The number of nitrogens with zero attached hydrogens (tertiary/aromatic N) is 1. The van der Waals surface area contributed by atoms with Crippen molar-refractivity contribution in [3.05, 3.63) is 47.7 Å². The minimum atomic E-state index is 0.484. The maximum absolute atomic E-state index is 5.79. The second kappa shape index (κ2) is 6.91. The summed E-state index contributed by atoms with van der Waals surface area (Å²) in [5.41, 5.74) is 7.76. The molecule has 0 unspecified atom stereocenters. The van der Waals surface area contributed by atoms with Crippen molar-refractivity contribution in [2.75, 3.05) is 7.11 Å². The van der Waals surface area contributed by atoms with Crippen molar-refractivity contribution in [3.63, 3.8) is 0 Å². The van der Waals surface area contributed by atoms with E-state index in [9.17, 15) is 0 Å². The number of aromatic nitrogens is 1. The number of aryl methyl sites for hydroxylation is 1. The highest BCUT2D eigenvalue weighted by Gasteiger charge is 2.04. The number of methoxy groups -OCH3 is 1. The minimum absolute atomic E-state index is 0.484. The number of pyridine rings is 1. The van der Waals surface area contributed by atoms with Gasteiger partial charge >= 0.3 is 0 Å². The van der Waals surface area contributed by atoms with Crippen molar-refractivity contribution in [1.29, 1.82) is 0 Å². The van der Waals surface area contributed by atoms with Crippen LogP contribution in [0.5, 0.6) is 17.4 Å². The maximum atomic E-state index is 5.79. The Labute approximate surface area is 119 Å². The molecule has 2 rings (SSSR count). The standard InChI is InChI=1S/C16H20N2O2/c1-3-4-13-9-12(11-17)10-16(18-13)20-15-7-5-14(19-2)6-8-15/h5-10H,3-4,11,17H2,1-2H3. The third kappa shape index (κ3) is 3.71. The Kier molecular flexibility index (Phi) is 4.96. The fourth-order valence-electron chi connectivity index (χ4n) is 1.94. The molecule has 0 amide bonds. The molecule has 0 saturated carbocycles. The normalized spacial score (nSPS) is 10.3. The predicted molar refractivity (Wildman–Crippen MR) is 79.2 cm³/mol. The van der Waals surface area contributed by atoms with Gasteiger partial charge in [0.05, 0.1) is 7.11 Å². The van der Waals surface area contributed by atoms with Gasteiger partial charge in [-0.3, -0.25) is 0 Å². The Hall–Kier alpha value is -2.07. The van der Waals surface area contributed by atoms with E-state index in [1.807, 2.05) is 36.4 Å². The summed E-state index contributed by atoms with van der Waals surface area (Å²) in [4.78, 5) is 4.50. The van der Waals surface area contributed by atoms with Gasteiger partial charge in [-0.2, -0.15) is 0 Å². The second-order valence-corrected chi connectivity index (χ2v) is 4.54. The van der Waals surface area contributed by atoms with Gasteiger partial charge in [0.1, 0.15) is 11.5 Å². The number of rotatable bonds is 6. The van der Waals surface area contributed by atoms with E-state index >= 15 is 0 Å². The molecule has 0 fully saturated rings. The molecule has 0 atom stereocenters. The smallest absolute Gasteiger partial charge is 0.219 e. The van der Waals surface area contributed by atoms with E-state index in [-0.39, 0.29) is 0 Å². The molecule has 20 heavy (non-hydrogen) atoms. The molecule has 4 nitrogen and oxygen atoms in total. The molecule has 0 radical (unpaired) electrons. The van der Waals surface area contributed by atoms with Gasteiger partial charge in [0.2, 0.25) is 5.88 Å². The SMILES string of the molecule is CCCc1cc(CN)cc(Oc2ccc(OC)cc2)n1. The molecule has 1 aromatic heterocycles. The molecule has 0 bridgehead atoms. The fraction of sp³-hybridized carbons (Fsp3) is 0.312. The molecule has 0 aliphatic rings. The van der Waals surface area contributed by atoms with Crippen molar-refractivity contribution in [1.82, 2.24) is 4.98 Å². The molecular formula is C16H20N2O2.